The molecule has 0 aromatic carbocycles. The van der Waals surface area contributed by atoms with Gasteiger partial charge in [-0.25, -0.2) is 18.6 Å². The molecule has 0 atom stereocenters. The molecule has 2 N–H and O–H groups in total. The number of nitrogens with zero attached hydrogens (tertiary/aromatic N) is 2. The van der Waals surface area contributed by atoms with Crippen molar-refractivity contribution in [3.05, 3.63) is 27.6 Å². The Kier molecular flexibility index (Phi) is 3.51. The van der Waals surface area contributed by atoms with Crippen molar-refractivity contribution < 1.29 is 23.2 Å². The Balaban J connectivity index is 3.50. The van der Waals surface area contributed by atoms with Crippen molar-refractivity contribution in [2.45, 2.75) is 6.43 Å². The third-order valence-corrected chi connectivity index (χ3v) is 1.83. The first-order chi connectivity index (χ1) is 7.88. The van der Waals surface area contributed by atoms with Gasteiger partial charge in [0.2, 0.25) is 5.69 Å². The van der Waals surface area contributed by atoms with Crippen LogP contribution in [0.5, 0.6) is 0 Å². The van der Waals surface area contributed by atoms with Crippen LogP contribution in [-0.2, 0) is 4.74 Å². The summed E-state index contributed by atoms with van der Waals surface area (Å²) in [6.45, 7) is 0. The average Bonchev–Trinajstić information content (AvgIpc) is 2.26. The largest absolute Gasteiger partial charge is 0.464 e. The van der Waals surface area contributed by atoms with Crippen molar-refractivity contribution in [3.8, 4) is 0 Å². The van der Waals surface area contributed by atoms with Crippen LogP contribution >= 0.6 is 0 Å². The second-order valence-corrected chi connectivity index (χ2v) is 2.88. The number of hydrogen-bond donors (Lipinski definition) is 1. The summed E-state index contributed by atoms with van der Waals surface area (Å²) in [5, 5.41) is 10.6. The first-order valence-corrected chi connectivity index (χ1v) is 4.19. The molecule has 0 bridgehead atoms. The van der Waals surface area contributed by atoms with Crippen molar-refractivity contribution in [2.24, 2.45) is 0 Å². The molecular weight excluding hydrogens is 240 g/mol. The van der Waals surface area contributed by atoms with Gasteiger partial charge < -0.3 is 10.5 Å². The van der Waals surface area contributed by atoms with Gasteiger partial charge >= 0.3 is 11.7 Å². The third kappa shape index (κ3) is 2.44. The molecule has 0 fully saturated rings. The summed E-state index contributed by atoms with van der Waals surface area (Å²) in [7, 11) is 0.943. The van der Waals surface area contributed by atoms with Gasteiger partial charge in [0.05, 0.1) is 12.0 Å². The zero-order valence-electron chi connectivity index (χ0n) is 8.52. The summed E-state index contributed by atoms with van der Waals surface area (Å²) in [5.41, 5.74) is 2.15. The van der Waals surface area contributed by atoms with Crippen LogP contribution in [0.1, 0.15) is 22.6 Å². The summed E-state index contributed by atoms with van der Waals surface area (Å²) < 4.78 is 29.0. The second-order valence-electron chi connectivity index (χ2n) is 2.88. The zero-order chi connectivity index (χ0) is 13.2. The second kappa shape index (κ2) is 4.68. The van der Waals surface area contributed by atoms with Crippen LogP contribution in [0.3, 0.4) is 0 Å². The minimum atomic E-state index is -3.00. The molecule has 92 valence electrons. The van der Waals surface area contributed by atoms with Crippen LogP contribution in [0.25, 0.3) is 0 Å². The lowest BCUT2D eigenvalue weighted by molar-refractivity contribution is -0.384. The van der Waals surface area contributed by atoms with Gasteiger partial charge in [0, 0.05) is 0 Å². The number of nitro groups is 1. The smallest absolute Gasteiger partial charge is 0.364 e. The number of aromatic nitrogens is 1. The minimum absolute atomic E-state index is 0.569. The van der Waals surface area contributed by atoms with Gasteiger partial charge in [-0.1, -0.05) is 0 Å². The van der Waals surface area contributed by atoms with E-state index < -0.39 is 40.1 Å². The number of halogens is 2. The lowest BCUT2D eigenvalue weighted by Gasteiger charge is -2.06. The quantitative estimate of drug-likeness (QED) is 0.489. The van der Waals surface area contributed by atoms with Gasteiger partial charge in [-0.05, 0) is 6.07 Å². The van der Waals surface area contributed by atoms with Gasteiger partial charge in [0.25, 0.3) is 6.43 Å². The fraction of sp³-hybridized carbons (Fsp3) is 0.250. The average molecular weight is 247 g/mol. The summed E-state index contributed by atoms with van der Waals surface area (Å²) >= 11 is 0. The fourth-order valence-electron chi connectivity index (χ4n) is 1.12. The lowest BCUT2D eigenvalue weighted by atomic mass is 10.2. The molecule has 0 unspecified atom stereocenters. The Labute approximate surface area is 93.3 Å². The van der Waals surface area contributed by atoms with E-state index in [0.29, 0.717) is 6.07 Å². The molecule has 0 saturated heterocycles. The van der Waals surface area contributed by atoms with E-state index in [0.717, 1.165) is 7.11 Å². The number of hydrogen-bond acceptors (Lipinski definition) is 6. The van der Waals surface area contributed by atoms with Crippen molar-refractivity contribution in [1.82, 2.24) is 4.98 Å². The first-order valence-electron chi connectivity index (χ1n) is 4.19. The molecule has 0 aliphatic rings. The van der Waals surface area contributed by atoms with E-state index in [4.69, 9.17) is 5.73 Å². The monoisotopic (exact) mass is 247 g/mol. The van der Waals surface area contributed by atoms with E-state index >= 15 is 0 Å². The highest BCUT2D eigenvalue weighted by atomic mass is 19.3. The molecule has 0 amide bonds. The summed E-state index contributed by atoms with van der Waals surface area (Å²) in [5.74, 6) is -1.20. The molecule has 0 radical (unpaired) electrons. The standard InChI is InChI=1S/C8H7F2N3O4/c1-17-8(14)5-6(13(15)16)3(11)2-4(12-5)7(9)10/h2,7H,1H3,(H2,11,12). The highest BCUT2D eigenvalue weighted by Crippen LogP contribution is 2.29. The van der Waals surface area contributed by atoms with Crippen LogP contribution < -0.4 is 5.73 Å². The molecule has 9 heteroatoms. The molecule has 17 heavy (non-hydrogen) atoms. The van der Waals surface area contributed by atoms with Crippen molar-refractivity contribution in [2.75, 3.05) is 12.8 Å². The van der Waals surface area contributed by atoms with Gasteiger partial charge in [-0.15, -0.1) is 0 Å². The molecule has 1 rings (SSSR count). The van der Waals surface area contributed by atoms with E-state index in [1.54, 1.807) is 0 Å². The predicted molar refractivity (Wildman–Crippen MR) is 51.6 cm³/mol. The number of nitrogens with two attached hydrogens (primary N) is 1. The van der Waals surface area contributed by atoms with E-state index in [2.05, 4.69) is 9.72 Å². The van der Waals surface area contributed by atoms with Crippen LogP contribution in [0.2, 0.25) is 0 Å². The normalized spacial score (nSPS) is 10.4. The molecule has 0 spiro atoms. The Morgan fingerprint density at radius 1 is 1.65 bits per heavy atom. The van der Waals surface area contributed by atoms with Gasteiger partial charge in [-0.2, -0.15) is 0 Å². The van der Waals surface area contributed by atoms with E-state index in [1.165, 1.54) is 0 Å². The third-order valence-electron chi connectivity index (χ3n) is 1.83. The van der Waals surface area contributed by atoms with Crippen LogP contribution in [0, 0.1) is 10.1 Å². The van der Waals surface area contributed by atoms with Crippen LogP contribution in [0.4, 0.5) is 20.2 Å². The van der Waals surface area contributed by atoms with E-state index in [1.807, 2.05) is 0 Å². The Morgan fingerprint density at radius 2 is 2.24 bits per heavy atom. The molecule has 0 aliphatic heterocycles. The van der Waals surface area contributed by atoms with Crippen molar-refractivity contribution in [3.63, 3.8) is 0 Å². The molecule has 1 aromatic rings. The topological polar surface area (TPSA) is 108 Å². The Morgan fingerprint density at radius 3 is 2.65 bits per heavy atom. The minimum Gasteiger partial charge on any atom is -0.464 e. The van der Waals surface area contributed by atoms with Gasteiger partial charge in [-0.3, -0.25) is 10.1 Å². The van der Waals surface area contributed by atoms with Crippen molar-refractivity contribution in [1.29, 1.82) is 0 Å². The molecule has 1 heterocycles. The summed E-state index contributed by atoms with van der Waals surface area (Å²) in [6, 6.07) is 0.648. The molecular formula is C8H7F2N3O4. The van der Waals surface area contributed by atoms with Crippen LogP contribution in [0.15, 0.2) is 6.07 Å². The van der Waals surface area contributed by atoms with E-state index in [9.17, 15) is 23.7 Å². The van der Waals surface area contributed by atoms with Gasteiger partial charge in [0.1, 0.15) is 11.4 Å². The summed E-state index contributed by atoms with van der Waals surface area (Å²) in [4.78, 5) is 24.0. The zero-order valence-corrected chi connectivity index (χ0v) is 8.52. The van der Waals surface area contributed by atoms with Crippen molar-refractivity contribution >= 4 is 17.3 Å². The number of carbonyl (C=O) groups excluding carboxylic acids is 1. The Hall–Kier alpha value is -2.32. The molecule has 7 nitrogen and oxygen atoms in total. The molecule has 1 aromatic heterocycles. The number of pyridine rings is 1. The first kappa shape index (κ1) is 12.7. The lowest BCUT2D eigenvalue weighted by Crippen LogP contribution is -2.12. The molecule has 0 saturated carbocycles. The number of carbonyl (C=O) groups is 1. The molecule has 0 aliphatic carbocycles. The van der Waals surface area contributed by atoms with E-state index in [-0.39, 0.29) is 0 Å². The van der Waals surface area contributed by atoms with Gasteiger partial charge in [0.15, 0.2) is 0 Å². The SMILES string of the molecule is COC(=O)c1nc(C(F)F)cc(N)c1[N+](=O)[O-]. The number of alkyl halides is 2. The maximum atomic E-state index is 12.4. The number of anilines is 1. The number of esters is 1. The highest BCUT2D eigenvalue weighted by molar-refractivity contribution is 5.94. The maximum Gasteiger partial charge on any atom is 0.364 e. The number of nitrogen functional groups attached to an aromatic ring is 1. The van der Waals surface area contributed by atoms with Crippen LogP contribution in [-0.4, -0.2) is 23.0 Å². The summed E-state index contributed by atoms with van der Waals surface area (Å²) in [6.07, 6.45) is -3.00. The number of ether oxygens (including phenoxy) is 1. The maximum absolute atomic E-state index is 12.4. The Bertz CT molecular complexity index is 478. The number of methoxy groups -OCH3 is 1. The predicted octanol–water partition coefficient (Wildman–Crippen LogP) is 1.30. The highest BCUT2D eigenvalue weighted by Gasteiger charge is 2.29. The number of rotatable bonds is 3. The fourth-order valence-corrected chi connectivity index (χ4v) is 1.12.